The summed E-state index contributed by atoms with van der Waals surface area (Å²) >= 11 is 5.71. The van der Waals surface area contributed by atoms with Gasteiger partial charge in [0, 0.05) is 37.3 Å². The van der Waals surface area contributed by atoms with Crippen molar-refractivity contribution in [1.82, 2.24) is 24.3 Å². The zero-order chi connectivity index (χ0) is 25.3. The number of rotatable bonds is 6. The molecule has 35 heavy (non-hydrogen) atoms. The zero-order valence-electron chi connectivity index (χ0n) is 18.0. The molecule has 2 N–H and O–H groups in total. The topological polar surface area (TPSA) is 97.9 Å². The lowest BCUT2D eigenvalue weighted by Gasteiger charge is -2.18. The number of aromatic nitrogens is 5. The molecule has 0 saturated carbocycles. The maximum Gasteiger partial charge on any atom is 0.437 e. The van der Waals surface area contributed by atoms with E-state index < -0.39 is 35.9 Å². The Kier molecular flexibility index (Phi) is 6.59. The van der Waals surface area contributed by atoms with Gasteiger partial charge in [-0.1, -0.05) is 17.7 Å². The first-order chi connectivity index (χ1) is 16.6. The van der Waals surface area contributed by atoms with Crippen molar-refractivity contribution in [3.8, 4) is 11.3 Å². The lowest BCUT2D eigenvalue weighted by molar-refractivity contribution is -0.140. The monoisotopic (exact) mass is 508 g/mol. The number of aliphatic hydroxyl groups is 1. The average Bonchev–Trinajstić information content (AvgIpc) is 3.18. The highest BCUT2D eigenvalue weighted by molar-refractivity contribution is 6.30. The molecular formula is C22H17ClF4N6O2. The van der Waals surface area contributed by atoms with Gasteiger partial charge in [-0.25, -0.2) is 14.4 Å². The molecule has 4 rings (SSSR count). The fourth-order valence-electron chi connectivity index (χ4n) is 3.47. The fraction of sp³-hybridized carbons (Fsp3) is 0.182. The average molecular weight is 509 g/mol. The number of anilines is 2. The molecule has 4 aromatic rings. The van der Waals surface area contributed by atoms with E-state index in [1.807, 2.05) is 0 Å². The van der Waals surface area contributed by atoms with E-state index >= 15 is 0 Å². The first-order valence-corrected chi connectivity index (χ1v) is 10.4. The van der Waals surface area contributed by atoms with Gasteiger partial charge in [-0.2, -0.15) is 18.3 Å². The van der Waals surface area contributed by atoms with Crippen LogP contribution in [0.5, 0.6) is 0 Å². The number of pyridine rings is 1. The smallest absolute Gasteiger partial charge is 0.394 e. The molecule has 3 aromatic heterocycles. The number of aliphatic hydroxyl groups excluding tert-OH is 1. The van der Waals surface area contributed by atoms with Crippen molar-refractivity contribution in [3.05, 3.63) is 87.4 Å². The number of alkyl halides is 3. The second-order valence-electron chi connectivity index (χ2n) is 7.49. The molecule has 182 valence electrons. The zero-order valence-corrected chi connectivity index (χ0v) is 18.7. The van der Waals surface area contributed by atoms with Crippen molar-refractivity contribution in [3.63, 3.8) is 0 Å². The van der Waals surface area contributed by atoms with Crippen LogP contribution in [0.1, 0.15) is 17.3 Å². The van der Waals surface area contributed by atoms with Gasteiger partial charge >= 0.3 is 6.18 Å². The minimum Gasteiger partial charge on any atom is -0.394 e. The van der Waals surface area contributed by atoms with E-state index in [9.17, 15) is 27.5 Å². The summed E-state index contributed by atoms with van der Waals surface area (Å²) in [6.07, 6.45) is -0.799. The molecule has 8 nitrogen and oxygen atoms in total. The Morgan fingerprint density at radius 1 is 1.20 bits per heavy atom. The largest absolute Gasteiger partial charge is 0.437 e. The normalized spacial score (nSPS) is 12.5. The van der Waals surface area contributed by atoms with Crippen molar-refractivity contribution < 1.29 is 22.7 Å². The van der Waals surface area contributed by atoms with Crippen LogP contribution in [0.2, 0.25) is 5.02 Å². The van der Waals surface area contributed by atoms with Crippen LogP contribution in [0.15, 0.2) is 59.8 Å². The molecule has 1 atom stereocenters. The molecule has 0 aliphatic heterocycles. The minimum atomic E-state index is -4.68. The number of hydrogen-bond acceptors (Lipinski definition) is 6. The molecule has 0 spiro atoms. The summed E-state index contributed by atoms with van der Waals surface area (Å²) in [5.74, 6) is -0.814. The maximum atomic E-state index is 13.9. The number of aryl methyl sites for hydroxylation is 1. The van der Waals surface area contributed by atoms with Crippen LogP contribution in [-0.4, -0.2) is 36.0 Å². The molecule has 0 aliphatic carbocycles. The Balaban J connectivity index is 1.64. The second kappa shape index (κ2) is 9.47. The SMILES string of the molecule is Cn1cc(Nc2nccc(-c3ccn(C(CO)c4ccc(Cl)c(F)c4)c(=O)c3)n2)c(C(F)(F)F)n1. The molecule has 1 unspecified atom stereocenters. The van der Waals surface area contributed by atoms with E-state index in [-0.39, 0.29) is 22.4 Å². The third-order valence-electron chi connectivity index (χ3n) is 5.08. The maximum absolute atomic E-state index is 13.9. The molecule has 0 fully saturated rings. The summed E-state index contributed by atoms with van der Waals surface area (Å²) in [5.41, 5.74) is -0.995. The third kappa shape index (κ3) is 5.17. The van der Waals surface area contributed by atoms with Crippen LogP contribution >= 0.6 is 11.6 Å². The van der Waals surface area contributed by atoms with Crippen LogP contribution in [0, 0.1) is 5.82 Å². The molecule has 0 amide bonds. The molecule has 0 saturated heterocycles. The lowest BCUT2D eigenvalue weighted by Crippen LogP contribution is -2.27. The van der Waals surface area contributed by atoms with Crippen LogP contribution in [-0.2, 0) is 13.2 Å². The summed E-state index contributed by atoms with van der Waals surface area (Å²) < 4.78 is 55.7. The molecule has 0 bridgehead atoms. The van der Waals surface area contributed by atoms with Crippen LogP contribution in [0.4, 0.5) is 29.2 Å². The highest BCUT2D eigenvalue weighted by Crippen LogP contribution is 2.34. The summed E-state index contributed by atoms with van der Waals surface area (Å²) in [7, 11) is 1.35. The summed E-state index contributed by atoms with van der Waals surface area (Å²) in [6, 6.07) is 7.37. The first kappa shape index (κ1) is 24.4. The van der Waals surface area contributed by atoms with Gasteiger partial charge in [-0.3, -0.25) is 9.48 Å². The van der Waals surface area contributed by atoms with E-state index in [1.54, 1.807) is 0 Å². The van der Waals surface area contributed by atoms with Gasteiger partial charge in [0.15, 0.2) is 5.69 Å². The number of halogens is 5. The summed E-state index contributed by atoms with van der Waals surface area (Å²) in [6.45, 7) is -0.478. The predicted octanol–water partition coefficient (Wildman–Crippen LogP) is 4.18. The minimum absolute atomic E-state index is 0.0880. The van der Waals surface area contributed by atoms with Crippen LogP contribution < -0.4 is 10.9 Å². The second-order valence-corrected chi connectivity index (χ2v) is 7.89. The standard InChI is InChI=1S/C22H17ClF4N6O2/c1-32-10-17(20(31-32)22(25,26)27)30-21-28-6-4-16(29-21)12-5-7-33(19(35)9-12)18(11-34)13-2-3-14(23)15(24)8-13/h2-10,18,34H,11H2,1H3,(H,28,29,30). The van der Waals surface area contributed by atoms with Crippen LogP contribution in [0.3, 0.4) is 0 Å². The highest BCUT2D eigenvalue weighted by atomic mass is 35.5. The van der Waals surface area contributed by atoms with Gasteiger partial charge in [0.1, 0.15) is 5.82 Å². The van der Waals surface area contributed by atoms with Gasteiger partial charge in [0.05, 0.1) is 29.1 Å². The molecule has 1 aromatic carbocycles. The van der Waals surface area contributed by atoms with Crippen molar-refractivity contribution >= 4 is 23.2 Å². The van der Waals surface area contributed by atoms with E-state index in [4.69, 9.17) is 11.6 Å². The number of nitrogens with zero attached hydrogens (tertiary/aromatic N) is 5. The van der Waals surface area contributed by atoms with Gasteiger partial charge < -0.3 is 15.0 Å². The Morgan fingerprint density at radius 2 is 1.97 bits per heavy atom. The molecule has 0 aliphatic rings. The van der Waals surface area contributed by atoms with E-state index in [0.29, 0.717) is 11.1 Å². The van der Waals surface area contributed by atoms with Crippen molar-refractivity contribution in [2.45, 2.75) is 12.2 Å². The van der Waals surface area contributed by atoms with E-state index in [0.717, 1.165) is 16.9 Å². The third-order valence-corrected chi connectivity index (χ3v) is 5.39. The van der Waals surface area contributed by atoms with E-state index in [1.165, 1.54) is 54.3 Å². The summed E-state index contributed by atoms with van der Waals surface area (Å²) in [5, 5.41) is 15.7. The van der Waals surface area contributed by atoms with E-state index in [2.05, 4.69) is 20.4 Å². The van der Waals surface area contributed by atoms with Crippen molar-refractivity contribution in [1.29, 1.82) is 0 Å². The van der Waals surface area contributed by atoms with Gasteiger partial charge in [0.2, 0.25) is 5.95 Å². The Labute approximate surface area is 200 Å². The number of benzene rings is 1. The van der Waals surface area contributed by atoms with Crippen molar-refractivity contribution in [2.24, 2.45) is 7.05 Å². The molecular weight excluding hydrogens is 492 g/mol. The lowest BCUT2D eigenvalue weighted by atomic mass is 10.1. The number of hydrogen-bond donors (Lipinski definition) is 2. The van der Waals surface area contributed by atoms with Gasteiger partial charge in [-0.15, -0.1) is 0 Å². The highest BCUT2D eigenvalue weighted by Gasteiger charge is 2.37. The summed E-state index contributed by atoms with van der Waals surface area (Å²) in [4.78, 5) is 20.9. The first-order valence-electron chi connectivity index (χ1n) is 10.1. The molecule has 0 radical (unpaired) electrons. The predicted molar refractivity (Wildman–Crippen MR) is 120 cm³/mol. The van der Waals surface area contributed by atoms with Gasteiger partial charge in [-0.05, 0) is 29.8 Å². The quantitative estimate of drug-likeness (QED) is 0.379. The Hall–Kier alpha value is -3.77. The van der Waals surface area contributed by atoms with Crippen LogP contribution in [0.25, 0.3) is 11.3 Å². The Morgan fingerprint density at radius 3 is 2.63 bits per heavy atom. The fourth-order valence-corrected chi connectivity index (χ4v) is 3.59. The van der Waals surface area contributed by atoms with Crippen molar-refractivity contribution in [2.75, 3.05) is 11.9 Å². The van der Waals surface area contributed by atoms with Gasteiger partial charge in [0.25, 0.3) is 5.56 Å². The number of nitrogens with one attached hydrogen (secondary N) is 1. The Bertz CT molecular complexity index is 1440. The molecule has 13 heteroatoms. The molecule has 3 heterocycles.